The minimum Gasteiger partial charge on any atom is -0.480 e. The highest BCUT2D eigenvalue weighted by Crippen LogP contribution is 2.30. The molecule has 0 saturated carbocycles. The number of piperidine rings is 1. The SMILES string of the molecule is COc1nc(N2CCCC(c3noc(C(C)C)n3)C2)ccc1C(=O)O. The van der Waals surface area contributed by atoms with Crippen LogP contribution in [0.2, 0.25) is 0 Å². The maximum atomic E-state index is 11.2. The lowest BCUT2D eigenvalue weighted by molar-refractivity contribution is 0.0692. The van der Waals surface area contributed by atoms with Crippen LogP contribution in [0.4, 0.5) is 5.82 Å². The van der Waals surface area contributed by atoms with Crippen molar-refractivity contribution in [3.05, 3.63) is 29.4 Å². The van der Waals surface area contributed by atoms with Crippen LogP contribution in [-0.2, 0) is 0 Å². The fourth-order valence-corrected chi connectivity index (χ4v) is 2.97. The summed E-state index contributed by atoms with van der Waals surface area (Å²) in [5.41, 5.74) is 0.0551. The van der Waals surface area contributed by atoms with Gasteiger partial charge in [0.15, 0.2) is 5.82 Å². The third kappa shape index (κ3) is 3.57. The van der Waals surface area contributed by atoms with Crippen molar-refractivity contribution in [1.82, 2.24) is 15.1 Å². The predicted octanol–water partition coefficient (Wildman–Crippen LogP) is 2.68. The summed E-state index contributed by atoms with van der Waals surface area (Å²) in [6.45, 7) is 5.59. The van der Waals surface area contributed by atoms with Crippen LogP contribution in [0.3, 0.4) is 0 Å². The Morgan fingerprint density at radius 3 is 2.84 bits per heavy atom. The van der Waals surface area contributed by atoms with E-state index in [4.69, 9.17) is 9.26 Å². The number of hydrogen-bond acceptors (Lipinski definition) is 7. The lowest BCUT2D eigenvalue weighted by Gasteiger charge is -2.32. The number of rotatable bonds is 5. The number of anilines is 1. The summed E-state index contributed by atoms with van der Waals surface area (Å²) in [7, 11) is 1.42. The van der Waals surface area contributed by atoms with E-state index in [0.717, 1.165) is 25.2 Å². The van der Waals surface area contributed by atoms with Crippen LogP contribution < -0.4 is 9.64 Å². The number of pyridine rings is 1. The van der Waals surface area contributed by atoms with Crippen molar-refractivity contribution in [1.29, 1.82) is 0 Å². The molecule has 0 spiro atoms. The molecule has 1 aliphatic rings. The summed E-state index contributed by atoms with van der Waals surface area (Å²) in [6, 6.07) is 3.24. The quantitative estimate of drug-likeness (QED) is 0.881. The Morgan fingerprint density at radius 1 is 1.40 bits per heavy atom. The van der Waals surface area contributed by atoms with Gasteiger partial charge in [0.1, 0.15) is 11.4 Å². The average Bonchev–Trinajstić information content (AvgIpc) is 3.11. The van der Waals surface area contributed by atoms with Crippen molar-refractivity contribution >= 4 is 11.8 Å². The summed E-state index contributed by atoms with van der Waals surface area (Å²) >= 11 is 0. The van der Waals surface area contributed by atoms with Crippen molar-refractivity contribution in [2.45, 2.75) is 38.5 Å². The predicted molar refractivity (Wildman–Crippen MR) is 90.3 cm³/mol. The van der Waals surface area contributed by atoms with Crippen molar-refractivity contribution in [3.8, 4) is 5.88 Å². The van der Waals surface area contributed by atoms with Gasteiger partial charge in [-0.3, -0.25) is 0 Å². The van der Waals surface area contributed by atoms with E-state index >= 15 is 0 Å². The number of carboxylic acid groups (broad SMARTS) is 1. The monoisotopic (exact) mass is 346 g/mol. The standard InChI is InChI=1S/C17H22N4O4/c1-10(2)15-19-14(20-25-15)11-5-4-8-21(9-11)13-7-6-12(17(22)23)16(18-13)24-3/h6-7,10-11H,4-5,8-9H2,1-3H3,(H,22,23). The lowest BCUT2D eigenvalue weighted by atomic mass is 9.97. The smallest absolute Gasteiger partial charge is 0.341 e. The molecular weight excluding hydrogens is 324 g/mol. The Labute approximate surface area is 145 Å². The first-order valence-electron chi connectivity index (χ1n) is 8.36. The van der Waals surface area contributed by atoms with Gasteiger partial charge in [-0.1, -0.05) is 19.0 Å². The van der Waals surface area contributed by atoms with Gasteiger partial charge in [0.2, 0.25) is 11.8 Å². The second-order valence-corrected chi connectivity index (χ2v) is 6.46. The minimum absolute atomic E-state index is 0.0551. The van der Waals surface area contributed by atoms with E-state index in [1.807, 2.05) is 13.8 Å². The molecule has 2 aromatic heterocycles. The molecular formula is C17H22N4O4. The fraction of sp³-hybridized carbons (Fsp3) is 0.529. The molecule has 1 unspecified atom stereocenters. The number of carboxylic acids is 1. The zero-order valence-electron chi connectivity index (χ0n) is 14.6. The van der Waals surface area contributed by atoms with Gasteiger partial charge in [0.05, 0.1) is 7.11 Å². The van der Waals surface area contributed by atoms with E-state index in [-0.39, 0.29) is 23.3 Å². The van der Waals surface area contributed by atoms with E-state index in [9.17, 15) is 9.90 Å². The van der Waals surface area contributed by atoms with Crippen LogP contribution in [-0.4, -0.2) is 46.4 Å². The molecule has 0 amide bonds. The van der Waals surface area contributed by atoms with Crippen LogP contribution in [0, 0.1) is 0 Å². The van der Waals surface area contributed by atoms with Crippen LogP contribution in [0.5, 0.6) is 5.88 Å². The topological polar surface area (TPSA) is 102 Å². The molecule has 0 aliphatic carbocycles. The molecule has 1 N–H and O–H groups in total. The summed E-state index contributed by atoms with van der Waals surface area (Å²) in [4.78, 5) is 22.2. The summed E-state index contributed by atoms with van der Waals surface area (Å²) in [6.07, 6.45) is 1.96. The number of nitrogens with zero attached hydrogens (tertiary/aromatic N) is 4. The van der Waals surface area contributed by atoms with Gasteiger partial charge in [-0.05, 0) is 25.0 Å². The van der Waals surface area contributed by atoms with Crippen molar-refractivity contribution < 1.29 is 19.2 Å². The van der Waals surface area contributed by atoms with Crippen LogP contribution >= 0.6 is 0 Å². The molecule has 3 heterocycles. The van der Waals surface area contributed by atoms with E-state index < -0.39 is 5.97 Å². The first-order valence-corrected chi connectivity index (χ1v) is 8.36. The van der Waals surface area contributed by atoms with E-state index in [1.54, 1.807) is 6.07 Å². The Balaban J connectivity index is 1.80. The highest BCUT2D eigenvalue weighted by atomic mass is 16.5. The zero-order valence-corrected chi connectivity index (χ0v) is 14.6. The van der Waals surface area contributed by atoms with Crippen molar-refractivity contribution in [3.63, 3.8) is 0 Å². The summed E-state index contributed by atoms with van der Waals surface area (Å²) in [5, 5.41) is 13.3. The molecule has 0 aromatic carbocycles. The largest absolute Gasteiger partial charge is 0.480 e. The number of methoxy groups -OCH3 is 1. The molecule has 134 valence electrons. The molecule has 0 bridgehead atoms. The van der Waals surface area contributed by atoms with Gasteiger partial charge in [-0.25, -0.2) is 4.79 Å². The number of hydrogen-bond donors (Lipinski definition) is 1. The Bertz CT molecular complexity index is 759. The molecule has 1 saturated heterocycles. The Kier molecular flexibility index (Phi) is 4.87. The summed E-state index contributed by atoms with van der Waals surface area (Å²) < 4.78 is 10.4. The average molecular weight is 346 g/mol. The second-order valence-electron chi connectivity index (χ2n) is 6.46. The second kappa shape index (κ2) is 7.08. The highest BCUT2D eigenvalue weighted by Gasteiger charge is 2.27. The summed E-state index contributed by atoms with van der Waals surface area (Å²) in [5.74, 6) is 1.50. The van der Waals surface area contributed by atoms with Crippen molar-refractivity contribution in [2.75, 3.05) is 25.1 Å². The first-order chi connectivity index (χ1) is 12.0. The number of aromatic carboxylic acids is 1. The van der Waals surface area contributed by atoms with Gasteiger partial charge in [-0.15, -0.1) is 0 Å². The molecule has 2 aromatic rings. The number of aromatic nitrogens is 3. The van der Waals surface area contributed by atoms with Gasteiger partial charge >= 0.3 is 5.97 Å². The van der Waals surface area contributed by atoms with Gasteiger partial charge in [0.25, 0.3) is 0 Å². The van der Waals surface area contributed by atoms with Crippen LogP contribution in [0.25, 0.3) is 0 Å². The van der Waals surface area contributed by atoms with Gasteiger partial charge in [0, 0.05) is 24.9 Å². The minimum atomic E-state index is -1.06. The highest BCUT2D eigenvalue weighted by molar-refractivity contribution is 5.90. The lowest BCUT2D eigenvalue weighted by Crippen LogP contribution is -2.35. The molecule has 0 radical (unpaired) electrons. The normalized spacial score (nSPS) is 17.8. The molecule has 1 atom stereocenters. The van der Waals surface area contributed by atoms with Crippen LogP contribution in [0.1, 0.15) is 60.6 Å². The maximum absolute atomic E-state index is 11.2. The first kappa shape index (κ1) is 17.2. The maximum Gasteiger partial charge on any atom is 0.341 e. The molecule has 25 heavy (non-hydrogen) atoms. The van der Waals surface area contributed by atoms with Gasteiger partial charge < -0.3 is 19.3 Å². The van der Waals surface area contributed by atoms with Gasteiger partial charge in [-0.2, -0.15) is 9.97 Å². The Morgan fingerprint density at radius 2 is 2.20 bits per heavy atom. The third-order valence-corrected chi connectivity index (χ3v) is 4.33. The zero-order chi connectivity index (χ0) is 18.0. The molecule has 8 heteroatoms. The molecule has 3 rings (SSSR count). The molecule has 1 aliphatic heterocycles. The van der Waals surface area contributed by atoms with Crippen LogP contribution in [0.15, 0.2) is 16.7 Å². The number of carbonyl (C=O) groups is 1. The van der Waals surface area contributed by atoms with Crippen molar-refractivity contribution in [2.24, 2.45) is 0 Å². The molecule has 1 fully saturated rings. The molecule has 8 nitrogen and oxygen atoms in total. The Hall–Kier alpha value is -2.64. The number of ether oxygens (including phenoxy) is 1. The van der Waals surface area contributed by atoms with E-state index in [2.05, 4.69) is 20.0 Å². The third-order valence-electron chi connectivity index (χ3n) is 4.33. The fourth-order valence-electron chi connectivity index (χ4n) is 2.97. The van der Waals surface area contributed by atoms with E-state index in [1.165, 1.54) is 13.2 Å². The van der Waals surface area contributed by atoms with E-state index in [0.29, 0.717) is 18.3 Å².